The molecule has 1 saturated heterocycles. The summed E-state index contributed by atoms with van der Waals surface area (Å²) in [5.41, 5.74) is 11.8. The largest absolute Gasteiger partial charge is 0.383 e. The van der Waals surface area contributed by atoms with Crippen molar-refractivity contribution in [1.82, 2.24) is 19.9 Å². The molecule has 1 aliphatic rings. The Bertz CT molecular complexity index is 821. The first-order chi connectivity index (χ1) is 11.3. The average Bonchev–Trinajstić information content (AvgIpc) is 3.24. The van der Waals surface area contributed by atoms with Gasteiger partial charge < -0.3 is 11.1 Å². The van der Waals surface area contributed by atoms with Crippen molar-refractivity contribution in [3.05, 3.63) is 34.3 Å². The predicted octanol–water partition coefficient (Wildman–Crippen LogP) is 1.64. The number of thiophene rings is 1. The van der Waals surface area contributed by atoms with Gasteiger partial charge in [-0.25, -0.2) is 4.98 Å². The van der Waals surface area contributed by atoms with Crippen LogP contribution in [0.5, 0.6) is 0 Å². The summed E-state index contributed by atoms with van der Waals surface area (Å²) in [4.78, 5) is 5.03. The molecule has 1 fully saturated rings. The van der Waals surface area contributed by atoms with E-state index in [0.29, 0.717) is 5.92 Å². The van der Waals surface area contributed by atoms with E-state index in [2.05, 4.69) is 35.1 Å². The van der Waals surface area contributed by atoms with Crippen molar-refractivity contribution >= 4 is 30.6 Å². The van der Waals surface area contributed by atoms with Crippen LogP contribution < -0.4 is 11.1 Å². The SMILES string of the molecule is BCc1c(C2CCCNC2)nc2c(-c3ccsc3)cnn2c1N. The first kappa shape index (κ1) is 14.7. The fourth-order valence-corrected chi connectivity index (χ4v) is 4.13. The van der Waals surface area contributed by atoms with E-state index in [-0.39, 0.29) is 0 Å². The summed E-state index contributed by atoms with van der Waals surface area (Å²) in [5.74, 6) is 1.18. The normalized spacial score (nSPS) is 18.5. The molecule has 4 heterocycles. The maximum Gasteiger partial charge on any atom is 0.165 e. The number of nitrogens with zero attached hydrogens (tertiary/aromatic N) is 3. The number of nitrogens with one attached hydrogen (secondary N) is 1. The Morgan fingerprint density at radius 3 is 3.09 bits per heavy atom. The molecule has 1 aliphatic heterocycles. The number of fused-ring (bicyclic) bond motifs is 1. The molecule has 23 heavy (non-hydrogen) atoms. The van der Waals surface area contributed by atoms with Crippen molar-refractivity contribution in [1.29, 1.82) is 0 Å². The molecule has 3 aromatic heterocycles. The molecule has 5 nitrogen and oxygen atoms in total. The quantitative estimate of drug-likeness (QED) is 0.719. The van der Waals surface area contributed by atoms with Gasteiger partial charge in [-0.2, -0.15) is 21.0 Å². The van der Waals surface area contributed by atoms with E-state index in [1.165, 1.54) is 12.8 Å². The zero-order valence-electron chi connectivity index (χ0n) is 13.2. The predicted molar refractivity (Wildman–Crippen MR) is 97.8 cm³/mol. The number of aromatic nitrogens is 3. The molecule has 0 aliphatic carbocycles. The summed E-state index contributed by atoms with van der Waals surface area (Å²) in [5, 5.41) is 12.2. The van der Waals surface area contributed by atoms with Gasteiger partial charge in [-0.15, -0.1) is 0 Å². The zero-order valence-corrected chi connectivity index (χ0v) is 14.1. The summed E-state index contributed by atoms with van der Waals surface area (Å²) in [6, 6.07) is 2.11. The molecule has 0 spiro atoms. The van der Waals surface area contributed by atoms with Gasteiger partial charge in [-0.05, 0) is 41.8 Å². The second-order valence-corrected chi connectivity index (χ2v) is 6.84. The van der Waals surface area contributed by atoms with Crippen LogP contribution in [-0.2, 0) is 6.32 Å². The molecule has 3 N–H and O–H groups in total. The van der Waals surface area contributed by atoms with Gasteiger partial charge >= 0.3 is 0 Å². The van der Waals surface area contributed by atoms with Crippen molar-refractivity contribution in [2.24, 2.45) is 0 Å². The standard InChI is InChI=1S/C16H20BN5S/c17-6-12-14(10-2-1-4-19-7-10)21-16-13(11-3-5-23-9-11)8-20-22(16)15(12)18/h3,5,8-10,19H,1-2,4,6-7,17-18H2. The summed E-state index contributed by atoms with van der Waals surface area (Å²) >= 11 is 1.68. The molecule has 0 saturated carbocycles. The van der Waals surface area contributed by atoms with Crippen molar-refractivity contribution in [2.75, 3.05) is 18.8 Å². The first-order valence-corrected chi connectivity index (χ1v) is 9.13. The third kappa shape index (κ3) is 2.44. The Labute approximate surface area is 140 Å². The lowest BCUT2D eigenvalue weighted by Crippen LogP contribution is -2.30. The number of nitrogen functional groups attached to an aromatic ring is 1. The first-order valence-electron chi connectivity index (χ1n) is 8.19. The minimum absolute atomic E-state index is 0.441. The summed E-state index contributed by atoms with van der Waals surface area (Å²) in [6.07, 6.45) is 5.12. The molecule has 118 valence electrons. The number of rotatable bonds is 3. The van der Waals surface area contributed by atoms with Crippen molar-refractivity contribution in [3.63, 3.8) is 0 Å². The van der Waals surface area contributed by atoms with Crippen LogP contribution in [0.15, 0.2) is 23.0 Å². The van der Waals surface area contributed by atoms with E-state index in [9.17, 15) is 0 Å². The van der Waals surface area contributed by atoms with Gasteiger partial charge in [0, 0.05) is 23.6 Å². The van der Waals surface area contributed by atoms with Gasteiger partial charge in [0.25, 0.3) is 0 Å². The van der Waals surface area contributed by atoms with Crippen molar-refractivity contribution in [3.8, 4) is 11.1 Å². The number of hydrogen-bond donors (Lipinski definition) is 2. The number of anilines is 1. The number of nitrogens with two attached hydrogens (primary N) is 1. The van der Waals surface area contributed by atoms with E-state index in [1.54, 1.807) is 15.9 Å². The summed E-state index contributed by atoms with van der Waals surface area (Å²) < 4.78 is 1.80. The topological polar surface area (TPSA) is 68.2 Å². The van der Waals surface area contributed by atoms with Gasteiger partial charge in [0.05, 0.1) is 11.9 Å². The van der Waals surface area contributed by atoms with Crippen LogP contribution in [0.25, 0.3) is 16.8 Å². The Morgan fingerprint density at radius 2 is 2.39 bits per heavy atom. The Balaban J connectivity index is 1.92. The Morgan fingerprint density at radius 1 is 1.48 bits per heavy atom. The van der Waals surface area contributed by atoms with Crippen LogP contribution in [0.2, 0.25) is 0 Å². The highest BCUT2D eigenvalue weighted by Gasteiger charge is 2.23. The number of piperidine rings is 1. The molecule has 0 aromatic carbocycles. The third-order valence-corrected chi connectivity index (χ3v) is 5.37. The fourth-order valence-electron chi connectivity index (χ4n) is 3.47. The summed E-state index contributed by atoms with van der Waals surface area (Å²) in [7, 11) is 2.14. The van der Waals surface area contributed by atoms with Crippen LogP contribution >= 0.6 is 11.3 Å². The second-order valence-electron chi connectivity index (χ2n) is 6.06. The molecular weight excluding hydrogens is 305 g/mol. The average molecular weight is 325 g/mol. The highest BCUT2D eigenvalue weighted by Crippen LogP contribution is 2.32. The van der Waals surface area contributed by atoms with Gasteiger partial charge in [0.15, 0.2) is 5.65 Å². The highest BCUT2D eigenvalue weighted by molar-refractivity contribution is 7.08. The Kier molecular flexibility index (Phi) is 3.83. The highest BCUT2D eigenvalue weighted by atomic mass is 32.1. The molecule has 0 bridgehead atoms. The molecule has 0 radical (unpaired) electrons. The van der Waals surface area contributed by atoms with E-state index in [4.69, 9.17) is 10.7 Å². The van der Waals surface area contributed by atoms with Gasteiger partial charge in [0.1, 0.15) is 13.7 Å². The smallest absolute Gasteiger partial charge is 0.165 e. The lowest BCUT2D eigenvalue weighted by Gasteiger charge is -2.25. The molecule has 4 rings (SSSR count). The van der Waals surface area contributed by atoms with Crippen LogP contribution in [0.3, 0.4) is 0 Å². The van der Waals surface area contributed by atoms with E-state index < -0.39 is 0 Å². The van der Waals surface area contributed by atoms with Gasteiger partial charge in [-0.3, -0.25) is 0 Å². The van der Waals surface area contributed by atoms with Crippen LogP contribution in [-0.4, -0.2) is 35.5 Å². The summed E-state index contributed by atoms with van der Waals surface area (Å²) in [6.45, 7) is 2.08. The second kappa shape index (κ2) is 5.98. The van der Waals surface area contributed by atoms with Crippen LogP contribution in [0.4, 0.5) is 5.82 Å². The maximum absolute atomic E-state index is 6.45. The Hall–Kier alpha value is -1.86. The van der Waals surface area contributed by atoms with E-state index in [1.807, 2.05) is 6.20 Å². The van der Waals surface area contributed by atoms with E-state index >= 15 is 0 Å². The zero-order chi connectivity index (χ0) is 15.8. The molecule has 7 heteroatoms. The monoisotopic (exact) mass is 325 g/mol. The van der Waals surface area contributed by atoms with E-state index in [0.717, 1.165) is 53.3 Å². The fraction of sp³-hybridized carbons (Fsp3) is 0.375. The van der Waals surface area contributed by atoms with Crippen molar-refractivity contribution < 1.29 is 0 Å². The van der Waals surface area contributed by atoms with Crippen molar-refractivity contribution in [2.45, 2.75) is 25.1 Å². The van der Waals surface area contributed by atoms with Crippen LogP contribution in [0, 0.1) is 0 Å². The molecule has 3 aromatic rings. The number of hydrogen-bond acceptors (Lipinski definition) is 5. The molecule has 1 unspecified atom stereocenters. The lowest BCUT2D eigenvalue weighted by molar-refractivity contribution is 0.453. The molecular formula is C16H20BN5S. The minimum Gasteiger partial charge on any atom is -0.383 e. The molecule has 0 amide bonds. The van der Waals surface area contributed by atoms with Crippen LogP contribution in [0.1, 0.15) is 30.0 Å². The maximum atomic E-state index is 6.45. The van der Waals surface area contributed by atoms with Gasteiger partial charge in [0.2, 0.25) is 0 Å². The minimum atomic E-state index is 0.441. The lowest BCUT2D eigenvalue weighted by atomic mass is 9.87. The third-order valence-electron chi connectivity index (χ3n) is 4.69. The molecule has 1 atom stereocenters. The van der Waals surface area contributed by atoms with Gasteiger partial charge in [-0.1, -0.05) is 6.32 Å².